The van der Waals surface area contributed by atoms with Crippen molar-refractivity contribution >= 4 is 40.5 Å². The molecular weight excluding hydrogens is 358 g/mol. The van der Waals surface area contributed by atoms with Crippen LogP contribution in [0.5, 0.6) is 5.75 Å². The number of amides is 1. The number of nitrogens with zero attached hydrogens (tertiary/aromatic N) is 1. The van der Waals surface area contributed by atoms with Crippen molar-refractivity contribution in [2.45, 2.75) is 0 Å². The molecular formula is C18H20ClN3O2S. The normalized spacial score (nSPS) is 10.0. The topological polar surface area (TPSA) is 53.6 Å². The smallest absolute Gasteiger partial charge is 0.253 e. The largest absolute Gasteiger partial charge is 0.490 e. The van der Waals surface area contributed by atoms with E-state index in [1.165, 1.54) is 4.90 Å². The molecule has 0 heterocycles. The van der Waals surface area contributed by atoms with E-state index in [1.54, 1.807) is 32.3 Å². The third kappa shape index (κ3) is 5.92. The van der Waals surface area contributed by atoms with Crippen LogP contribution in [0.2, 0.25) is 5.02 Å². The van der Waals surface area contributed by atoms with Crippen molar-refractivity contribution in [2.75, 3.05) is 32.6 Å². The zero-order valence-electron chi connectivity index (χ0n) is 14.1. The third-order valence-electron chi connectivity index (χ3n) is 3.28. The highest BCUT2D eigenvalue weighted by Gasteiger charge is 2.07. The molecule has 132 valence electrons. The van der Waals surface area contributed by atoms with Gasteiger partial charge in [0.05, 0.1) is 11.6 Å². The minimum Gasteiger partial charge on any atom is -0.490 e. The molecule has 0 radical (unpaired) electrons. The Morgan fingerprint density at radius 1 is 1.16 bits per heavy atom. The second-order valence-corrected chi connectivity index (χ2v) is 6.25. The van der Waals surface area contributed by atoms with Gasteiger partial charge in [-0.05, 0) is 48.6 Å². The Balaban J connectivity index is 1.75. The molecule has 0 saturated heterocycles. The van der Waals surface area contributed by atoms with Gasteiger partial charge < -0.3 is 20.3 Å². The second kappa shape index (κ2) is 9.25. The van der Waals surface area contributed by atoms with Crippen LogP contribution in [0.4, 0.5) is 5.69 Å². The molecule has 0 unspecified atom stereocenters. The number of anilines is 1. The lowest BCUT2D eigenvalue weighted by Crippen LogP contribution is -2.32. The van der Waals surface area contributed by atoms with Crippen molar-refractivity contribution in [2.24, 2.45) is 0 Å². The summed E-state index contributed by atoms with van der Waals surface area (Å²) in [5.41, 5.74) is 1.43. The highest BCUT2D eigenvalue weighted by Crippen LogP contribution is 2.22. The van der Waals surface area contributed by atoms with E-state index in [1.807, 2.05) is 30.3 Å². The summed E-state index contributed by atoms with van der Waals surface area (Å²) in [5.74, 6) is 0.606. The fraction of sp³-hybridized carbons (Fsp3) is 0.222. The molecule has 0 aromatic heterocycles. The molecule has 0 aliphatic rings. The molecule has 0 aliphatic heterocycles. The van der Waals surface area contributed by atoms with E-state index < -0.39 is 0 Å². The quantitative estimate of drug-likeness (QED) is 0.597. The van der Waals surface area contributed by atoms with E-state index >= 15 is 0 Å². The Hall–Kier alpha value is -2.31. The Bertz CT molecular complexity index is 735. The molecule has 2 aromatic rings. The predicted octanol–water partition coefficient (Wildman–Crippen LogP) is 3.41. The molecule has 0 bridgehead atoms. The van der Waals surface area contributed by atoms with Gasteiger partial charge in [0.1, 0.15) is 12.4 Å². The van der Waals surface area contributed by atoms with Crippen LogP contribution in [0.1, 0.15) is 10.4 Å². The number of hydrogen-bond acceptors (Lipinski definition) is 3. The van der Waals surface area contributed by atoms with Crippen LogP contribution in [0.15, 0.2) is 48.5 Å². The maximum atomic E-state index is 11.8. The summed E-state index contributed by atoms with van der Waals surface area (Å²) >= 11 is 11.3. The van der Waals surface area contributed by atoms with Gasteiger partial charge in [0.2, 0.25) is 0 Å². The standard InChI is InChI=1S/C18H20ClN3O2S/c1-22(2)17(23)13-7-9-14(10-8-13)21-18(25)20-11-12-24-16-6-4-3-5-15(16)19/h3-10H,11-12H2,1-2H3,(H2,20,21,25). The van der Waals surface area contributed by atoms with Gasteiger partial charge in [-0.1, -0.05) is 23.7 Å². The van der Waals surface area contributed by atoms with E-state index in [0.717, 1.165) is 5.69 Å². The lowest BCUT2D eigenvalue weighted by Gasteiger charge is -2.13. The summed E-state index contributed by atoms with van der Waals surface area (Å²) in [6.45, 7) is 0.968. The van der Waals surface area contributed by atoms with Gasteiger partial charge in [-0.25, -0.2) is 0 Å². The van der Waals surface area contributed by atoms with Crippen LogP contribution in [0.3, 0.4) is 0 Å². The molecule has 2 rings (SSSR count). The predicted molar refractivity (Wildman–Crippen MR) is 106 cm³/mol. The summed E-state index contributed by atoms with van der Waals surface area (Å²) in [4.78, 5) is 13.4. The number of carbonyl (C=O) groups excluding carboxylic acids is 1. The van der Waals surface area contributed by atoms with Crippen LogP contribution in [-0.4, -0.2) is 43.2 Å². The number of carbonyl (C=O) groups is 1. The molecule has 0 atom stereocenters. The maximum Gasteiger partial charge on any atom is 0.253 e. The first-order valence-electron chi connectivity index (χ1n) is 7.71. The summed E-state index contributed by atoms with van der Waals surface area (Å²) in [5, 5.41) is 7.17. The molecule has 7 heteroatoms. The Labute approximate surface area is 157 Å². The van der Waals surface area contributed by atoms with Crippen molar-refractivity contribution in [1.82, 2.24) is 10.2 Å². The van der Waals surface area contributed by atoms with Crippen molar-refractivity contribution in [3.05, 3.63) is 59.1 Å². The fourth-order valence-corrected chi connectivity index (χ4v) is 2.43. The van der Waals surface area contributed by atoms with E-state index in [4.69, 9.17) is 28.6 Å². The number of nitrogens with one attached hydrogen (secondary N) is 2. The number of para-hydroxylation sites is 1. The van der Waals surface area contributed by atoms with Gasteiger partial charge in [0, 0.05) is 25.3 Å². The Kier molecular flexibility index (Phi) is 7.03. The summed E-state index contributed by atoms with van der Waals surface area (Å²) in [6, 6.07) is 14.4. The first-order valence-corrected chi connectivity index (χ1v) is 8.50. The fourth-order valence-electron chi connectivity index (χ4n) is 2.02. The SMILES string of the molecule is CN(C)C(=O)c1ccc(NC(=S)NCCOc2ccccc2Cl)cc1. The van der Waals surface area contributed by atoms with E-state index in [2.05, 4.69) is 10.6 Å². The van der Waals surface area contributed by atoms with Crippen molar-refractivity contribution in [3.63, 3.8) is 0 Å². The van der Waals surface area contributed by atoms with Crippen LogP contribution in [-0.2, 0) is 0 Å². The molecule has 25 heavy (non-hydrogen) atoms. The molecule has 0 aliphatic carbocycles. The number of hydrogen-bond donors (Lipinski definition) is 2. The first kappa shape index (κ1) is 19.0. The minimum absolute atomic E-state index is 0.0380. The lowest BCUT2D eigenvalue weighted by molar-refractivity contribution is 0.0827. The van der Waals surface area contributed by atoms with E-state index in [-0.39, 0.29) is 5.91 Å². The van der Waals surface area contributed by atoms with Gasteiger partial charge >= 0.3 is 0 Å². The van der Waals surface area contributed by atoms with Gasteiger partial charge in [-0.15, -0.1) is 0 Å². The molecule has 0 spiro atoms. The number of halogens is 1. The van der Waals surface area contributed by atoms with Crippen LogP contribution in [0.25, 0.3) is 0 Å². The molecule has 1 amide bonds. The monoisotopic (exact) mass is 377 g/mol. The number of rotatable bonds is 6. The van der Waals surface area contributed by atoms with Crippen molar-refractivity contribution in [3.8, 4) is 5.75 Å². The molecule has 2 aromatic carbocycles. The van der Waals surface area contributed by atoms with Gasteiger partial charge in [0.25, 0.3) is 5.91 Å². The van der Waals surface area contributed by atoms with Crippen LogP contribution < -0.4 is 15.4 Å². The summed E-state index contributed by atoms with van der Waals surface area (Å²) in [7, 11) is 3.44. The number of thiocarbonyl (C=S) groups is 1. The Morgan fingerprint density at radius 2 is 1.84 bits per heavy atom. The van der Waals surface area contributed by atoms with Gasteiger partial charge in [0.15, 0.2) is 5.11 Å². The summed E-state index contributed by atoms with van der Waals surface area (Å²) in [6.07, 6.45) is 0. The van der Waals surface area contributed by atoms with Crippen molar-refractivity contribution in [1.29, 1.82) is 0 Å². The molecule has 0 fully saturated rings. The molecule has 5 nitrogen and oxygen atoms in total. The highest BCUT2D eigenvalue weighted by molar-refractivity contribution is 7.80. The second-order valence-electron chi connectivity index (χ2n) is 5.44. The first-order chi connectivity index (χ1) is 12.0. The average Bonchev–Trinajstić information content (AvgIpc) is 2.60. The zero-order chi connectivity index (χ0) is 18.2. The van der Waals surface area contributed by atoms with Crippen LogP contribution >= 0.6 is 23.8 Å². The number of benzene rings is 2. The summed E-state index contributed by atoms with van der Waals surface area (Å²) < 4.78 is 5.58. The zero-order valence-corrected chi connectivity index (χ0v) is 15.7. The van der Waals surface area contributed by atoms with E-state index in [9.17, 15) is 4.79 Å². The lowest BCUT2D eigenvalue weighted by atomic mass is 10.2. The average molecular weight is 378 g/mol. The third-order valence-corrected chi connectivity index (χ3v) is 3.84. The maximum absolute atomic E-state index is 11.8. The highest BCUT2D eigenvalue weighted by atomic mass is 35.5. The van der Waals surface area contributed by atoms with Crippen LogP contribution in [0, 0.1) is 0 Å². The van der Waals surface area contributed by atoms with E-state index in [0.29, 0.717) is 34.6 Å². The molecule has 0 saturated carbocycles. The van der Waals surface area contributed by atoms with Gasteiger partial charge in [-0.2, -0.15) is 0 Å². The van der Waals surface area contributed by atoms with Crippen molar-refractivity contribution < 1.29 is 9.53 Å². The molecule has 2 N–H and O–H groups in total. The van der Waals surface area contributed by atoms with Gasteiger partial charge in [-0.3, -0.25) is 4.79 Å². The minimum atomic E-state index is -0.0380. The number of ether oxygens (including phenoxy) is 1. The Morgan fingerprint density at radius 3 is 2.48 bits per heavy atom.